The van der Waals surface area contributed by atoms with Crippen LogP contribution in [0.2, 0.25) is 0 Å². The lowest BCUT2D eigenvalue weighted by molar-refractivity contribution is -0.125. The van der Waals surface area contributed by atoms with Gasteiger partial charge in [-0.05, 0) is 44.2 Å². The average molecular weight is 411 g/mol. The molecule has 3 rings (SSSR count). The molecular weight excluding hydrogens is 380 g/mol. The maximum atomic E-state index is 12.7. The molecule has 2 aromatic heterocycles. The number of rotatable bonds is 8. The van der Waals surface area contributed by atoms with Crippen molar-refractivity contribution in [3.8, 4) is 11.1 Å². The zero-order valence-electron chi connectivity index (χ0n) is 17.8. The summed E-state index contributed by atoms with van der Waals surface area (Å²) in [4.78, 5) is 36.1. The quantitative estimate of drug-likeness (QED) is 0.574. The summed E-state index contributed by atoms with van der Waals surface area (Å²) in [6.45, 7) is 4.69. The zero-order chi connectivity index (χ0) is 21.5. The SMILES string of the molecule is CCN(c1cc(-c2ccnc(NC)c2)c[nH]c1=O)[C@H]1CCN(C(=O)C=CCNC)C1. The van der Waals surface area contributed by atoms with Crippen molar-refractivity contribution >= 4 is 17.4 Å². The van der Waals surface area contributed by atoms with Gasteiger partial charge >= 0.3 is 0 Å². The number of amides is 1. The smallest absolute Gasteiger partial charge is 0.271 e. The molecule has 0 unspecified atom stereocenters. The number of pyridine rings is 2. The highest BCUT2D eigenvalue weighted by Crippen LogP contribution is 2.26. The minimum Gasteiger partial charge on any atom is -0.373 e. The first kappa shape index (κ1) is 21.6. The fourth-order valence-electron chi connectivity index (χ4n) is 3.80. The largest absolute Gasteiger partial charge is 0.373 e. The van der Waals surface area contributed by atoms with E-state index in [0.29, 0.717) is 31.9 Å². The van der Waals surface area contributed by atoms with Crippen LogP contribution in [0.15, 0.2) is 47.5 Å². The second-order valence-corrected chi connectivity index (χ2v) is 7.26. The number of likely N-dealkylation sites (tertiary alicyclic amines) is 1. The number of hydrogen-bond donors (Lipinski definition) is 3. The molecule has 8 heteroatoms. The summed E-state index contributed by atoms with van der Waals surface area (Å²) in [5.41, 5.74) is 2.40. The van der Waals surface area contributed by atoms with Gasteiger partial charge in [0.15, 0.2) is 0 Å². The normalized spacial score (nSPS) is 16.2. The molecule has 30 heavy (non-hydrogen) atoms. The number of nitrogens with one attached hydrogen (secondary N) is 3. The van der Waals surface area contributed by atoms with E-state index >= 15 is 0 Å². The number of aromatic amines is 1. The fourth-order valence-corrected chi connectivity index (χ4v) is 3.80. The summed E-state index contributed by atoms with van der Waals surface area (Å²) in [5, 5.41) is 6.03. The Hall–Kier alpha value is -3.13. The Bertz CT molecular complexity index is 955. The van der Waals surface area contributed by atoms with Crippen LogP contribution in [0.5, 0.6) is 0 Å². The fraction of sp³-hybridized carbons (Fsp3) is 0.409. The van der Waals surface area contributed by atoms with Gasteiger partial charge in [-0.15, -0.1) is 0 Å². The molecule has 160 valence electrons. The van der Waals surface area contributed by atoms with E-state index in [9.17, 15) is 9.59 Å². The van der Waals surface area contributed by atoms with E-state index in [1.165, 1.54) is 0 Å². The summed E-state index contributed by atoms with van der Waals surface area (Å²) in [7, 11) is 3.67. The van der Waals surface area contributed by atoms with Crippen molar-refractivity contribution in [2.24, 2.45) is 0 Å². The predicted octanol–water partition coefficient (Wildman–Crippen LogP) is 1.68. The number of aromatic nitrogens is 2. The lowest BCUT2D eigenvalue weighted by atomic mass is 10.1. The summed E-state index contributed by atoms with van der Waals surface area (Å²) < 4.78 is 0. The van der Waals surface area contributed by atoms with Gasteiger partial charge < -0.3 is 25.4 Å². The monoisotopic (exact) mass is 410 g/mol. The van der Waals surface area contributed by atoms with E-state index < -0.39 is 0 Å². The van der Waals surface area contributed by atoms with Gasteiger partial charge in [0, 0.05) is 63.3 Å². The molecule has 0 aromatic carbocycles. The van der Waals surface area contributed by atoms with Crippen molar-refractivity contribution < 1.29 is 4.79 Å². The molecule has 1 aliphatic rings. The van der Waals surface area contributed by atoms with Crippen molar-refractivity contribution in [3.05, 3.63) is 53.1 Å². The Morgan fingerprint density at radius 3 is 2.93 bits per heavy atom. The summed E-state index contributed by atoms with van der Waals surface area (Å²) in [6.07, 6.45) is 7.75. The van der Waals surface area contributed by atoms with Gasteiger partial charge in [0.25, 0.3) is 5.56 Å². The molecule has 1 fully saturated rings. The molecule has 8 nitrogen and oxygen atoms in total. The Balaban J connectivity index is 1.81. The molecule has 0 bridgehead atoms. The zero-order valence-corrected chi connectivity index (χ0v) is 17.8. The van der Waals surface area contributed by atoms with Gasteiger partial charge in [-0.3, -0.25) is 9.59 Å². The van der Waals surface area contributed by atoms with Crippen LogP contribution in [0.4, 0.5) is 11.5 Å². The highest BCUT2D eigenvalue weighted by atomic mass is 16.2. The van der Waals surface area contributed by atoms with Crippen molar-refractivity contribution in [3.63, 3.8) is 0 Å². The van der Waals surface area contributed by atoms with E-state index in [0.717, 1.165) is 23.4 Å². The van der Waals surface area contributed by atoms with Crippen LogP contribution in [0.3, 0.4) is 0 Å². The maximum absolute atomic E-state index is 12.7. The van der Waals surface area contributed by atoms with Gasteiger partial charge in [0.1, 0.15) is 11.5 Å². The minimum atomic E-state index is -0.123. The summed E-state index contributed by atoms with van der Waals surface area (Å²) >= 11 is 0. The predicted molar refractivity (Wildman–Crippen MR) is 121 cm³/mol. The van der Waals surface area contributed by atoms with Crippen molar-refractivity contribution in [1.82, 2.24) is 20.2 Å². The van der Waals surface area contributed by atoms with E-state index in [1.54, 1.807) is 18.5 Å². The molecule has 0 radical (unpaired) electrons. The molecule has 1 atom stereocenters. The first-order valence-corrected chi connectivity index (χ1v) is 10.3. The maximum Gasteiger partial charge on any atom is 0.271 e. The number of carbonyl (C=O) groups is 1. The first-order chi connectivity index (χ1) is 14.6. The van der Waals surface area contributed by atoms with Gasteiger partial charge in [-0.1, -0.05) is 6.08 Å². The molecule has 3 heterocycles. The van der Waals surface area contributed by atoms with Crippen molar-refractivity contribution in [2.75, 3.05) is 50.5 Å². The molecule has 0 saturated carbocycles. The molecule has 1 aliphatic heterocycles. The number of hydrogen-bond acceptors (Lipinski definition) is 6. The van der Waals surface area contributed by atoms with Crippen LogP contribution >= 0.6 is 0 Å². The lowest BCUT2D eigenvalue weighted by Crippen LogP contribution is -2.41. The Kier molecular flexibility index (Phi) is 7.24. The Labute approximate surface area is 177 Å². The number of anilines is 2. The third-order valence-electron chi connectivity index (χ3n) is 5.38. The third-order valence-corrected chi connectivity index (χ3v) is 5.38. The number of H-pyrrole nitrogens is 1. The molecule has 0 aliphatic carbocycles. The molecule has 1 saturated heterocycles. The van der Waals surface area contributed by atoms with Crippen LogP contribution in [0.25, 0.3) is 11.1 Å². The molecular formula is C22H30N6O2. The van der Waals surface area contributed by atoms with Crippen LogP contribution in [0.1, 0.15) is 13.3 Å². The number of nitrogens with zero attached hydrogens (tertiary/aromatic N) is 3. The van der Waals surface area contributed by atoms with Crippen molar-refractivity contribution in [1.29, 1.82) is 0 Å². The average Bonchev–Trinajstić information content (AvgIpc) is 3.25. The third kappa shape index (κ3) is 4.88. The second kappa shape index (κ2) is 10.1. The highest BCUT2D eigenvalue weighted by molar-refractivity contribution is 5.88. The molecule has 0 spiro atoms. The first-order valence-electron chi connectivity index (χ1n) is 10.3. The minimum absolute atomic E-state index is 0.0165. The lowest BCUT2D eigenvalue weighted by Gasteiger charge is -2.29. The number of carbonyl (C=O) groups excluding carboxylic acids is 1. The van der Waals surface area contributed by atoms with Gasteiger partial charge in [0.2, 0.25) is 5.91 Å². The molecule has 3 N–H and O–H groups in total. The van der Waals surface area contributed by atoms with Crippen LogP contribution in [0, 0.1) is 0 Å². The second-order valence-electron chi connectivity index (χ2n) is 7.26. The van der Waals surface area contributed by atoms with Crippen LogP contribution in [-0.2, 0) is 4.79 Å². The Morgan fingerprint density at radius 1 is 1.37 bits per heavy atom. The highest BCUT2D eigenvalue weighted by Gasteiger charge is 2.30. The number of likely N-dealkylation sites (N-methyl/N-ethyl adjacent to an activating group) is 2. The van der Waals surface area contributed by atoms with E-state index in [-0.39, 0.29) is 17.5 Å². The topological polar surface area (TPSA) is 93.4 Å². The van der Waals surface area contributed by atoms with Crippen molar-refractivity contribution in [2.45, 2.75) is 19.4 Å². The Morgan fingerprint density at radius 2 is 2.20 bits per heavy atom. The van der Waals surface area contributed by atoms with E-state index in [1.807, 2.05) is 50.2 Å². The van der Waals surface area contributed by atoms with E-state index in [2.05, 4.69) is 25.5 Å². The van der Waals surface area contributed by atoms with Gasteiger partial charge in [-0.25, -0.2) is 4.98 Å². The van der Waals surface area contributed by atoms with Crippen LogP contribution < -0.4 is 21.1 Å². The summed E-state index contributed by atoms with van der Waals surface area (Å²) in [5.74, 6) is 0.784. The standard InChI is InChI=1S/C22H30N6O2/c1-4-28(18-8-11-27(15-18)21(29)6-5-9-23-2)19-12-17(14-26-22(19)30)16-7-10-25-20(13-16)24-3/h5-7,10,12-14,18,23H,4,8-9,11,15H2,1-3H3,(H,24,25)(H,26,30)/t18-/m0/s1. The van der Waals surface area contributed by atoms with Gasteiger partial charge in [0.05, 0.1) is 0 Å². The molecule has 1 amide bonds. The van der Waals surface area contributed by atoms with Gasteiger partial charge in [-0.2, -0.15) is 0 Å². The summed E-state index contributed by atoms with van der Waals surface area (Å²) in [6, 6.07) is 5.90. The molecule has 2 aromatic rings. The van der Waals surface area contributed by atoms with Crippen LogP contribution in [-0.4, -0.2) is 67.1 Å². The van der Waals surface area contributed by atoms with E-state index in [4.69, 9.17) is 0 Å².